The zero-order valence-corrected chi connectivity index (χ0v) is 24.5. The van der Waals surface area contributed by atoms with Gasteiger partial charge in [-0.1, -0.05) is 65.1 Å². The minimum atomic E-state index is -1.12. The van der Waals surface area contributed by atoms with E-state index < -0.39 is 5.97 Å². The third kappa shape index (κ3) is 8.46. The van der Waals surface area contributed by atoms with Gasteiger partial charge in [0.15, 0.2) is 5.69 Å². The topological polar surface area (TPSA) is 87.9 Å². The molecule has 1 amide bonds. The van der Waals surface area contributed by atoms with Crippen LogP contribution in [0.2, 0.25) is 5.02 Å². The summed E-state index contributed by atoms with van der Waals surface area (Å²) in [7, 11) is 0. The first-order valence-electron chi connectivity index (χ1n) is 14.0. The molecule has 0 unspecified atom stereocenters. The Hall–Kier alpha value is -2.58. The Bertz CT molecular complexity index is 1010. The summed E-state index contributed by atoms with van der Waals surface area (Å²) in [5.74, 6) is -1.12. The van der Waals surface area contributed by atoms with Crippen molar-refractivity contribution in [2.45, 2.75) is 73.1 Å². The third-order valence-electron chi connectivity index (χ3n) is 7.40. The number of aromatic nitrogens is 2. The Labute approximate surface area is 232 Å². The van der Waals surface area contributed by atoms with Gasteiger partial charge in [-0.3, -0.25) is 0 Å². The van der Waals surface area contributed by atoms with Gasteiger partial charge in [0.2, 0.25) is 0 Å². The second-order valence-electron chi connectivity index (χ2n) is 9.56. The molecule has 2 saturated heterocycles. The molecule has 0 radical (unpaired) electrons. The molecule has 1 aromatic heterocycles. The number of aryl methyl sites for hydroxylation is 1. The maximum absolute atomic E-state index is 12.3. The summed E-state index contributed by atoms with van der Waals surface area (Å²) in [6.07, 6.45) is 8.01. The van der Waals surface area contributed by atoms with Crippen LogP contribution in [0.5, 0.6) is 0 Å². The zero-order chi connectivity index (χ0) is 28.1. The van der Waals surface area contributed by atoms with Crippen molar-refractivity contribution < 1.29 is 19.4 Å². The van der Waals surface area contributed by atoms with Crippen molar-refractivity contribution >= 4 is 29.3 Å². The number of likely N-dealkylation sites (tertiary alicyclic amines) is 1. The lowest BCUT2D eigenvalue weighted by molar-refractivity contribution is 0.0689. The maximum atomic E-state index is 12.3. The van der Waals surface area contributed by atoms with Gasteiger partial charge in [0.1, 0.15) is 0 Å². The van der Waals surface area contributed by atoms with Crippen LogP contribution in [0.1, 0.15) is 82.8 Å². The fraction of sp³-hybridized carbons (Fsp3) is 0.621. The van der Waals surface area contributed by atoms with Gasteiger partial charge in [-0.2, -0.15) is 9.78 Å². The summed E-state index contributed by atoms with van der Waals surface area (Å²) in [5, 5.41) is 13.5. The number of nitrogens with zero attached hydrogens (tertiary/aromatic N) is 4. The number of aromatic carboxylic acids is 1. The van der Waals surface area contributed by atoms with Crippen molar-refractivity contribution in [1.29, 1.82) is 0 Å². The molecule has 4 rings (SSSR count). The first-order chi connectivity index (χ1) is 18.3. The number of rotatable bonds is 6. The number of carboxylic acid groups (broad SMARTS) is 1. The average molecular weight is 549 g/mol. The molecule has 1 N–H and O–H groups in total. The van der Waals surface area contributed by atoms with Gasteiger partial charge in [0.25, 0.3) is 0 Å². The van der Waals surface area contributed by atoms with E-state index >= 15 is 0 Å². The molecule has 2 aliphatic rings. The molecular weight excluding hydrogens is 504 g/mol. The van der Waals surface area contributed by atoms with Gasteiger partial charge in [0.05, 0.1) is 23.9 Å². The van der Waals surface area contributed by atoms with E-state index in [9.17, 15) is 9.59 Å². The normalized spacial score (nSPS) is 16.6. The fourth-order valence-corrected chi connectivity index (χ4v) is 5.23. The maximum Gasteiger partial charge on any atom is 0.356 e. The molecule has 0 saturated carbocycles. The van der Waals surface area contributed by atoms with Crippen LogP contribution in [-0.2, 0) is 11.2 Å². The van der Waals surface area contributed by atoms with Crippen molar-refractivity contribution in [3.8, 4) is 0 Å². The van der Waals surface area contributed by atoms with Crippen LogP contribution in [0, 0.1) is 5.41 Å². The average Bonchev–Trinajstić information content (AvgIpc) is 3.46. The van der Waals surface area contributed by atoms with Gasteiger partial charge in [-0.25, -0.2) is 9.59 Å². The molecule has 2 fully saturated rings. The highest BCUT2D eigenvalue weighted by Gasteiger charge is 2.34. The second kappa shape index (κ2) is 15.7. The third-order valence-corrected chi connectivity index (χ3v) is 7.72. The number of benzene rings is 1. The number of anilines is 1. The predicted molar refractivity (Wildman–Crippen MR) is 154 cm³/mol. The lowest BCUT2D eigenvalue weighted by Crippen LogP contribution is -2.44. The SMILES string of the molecule is CC.CCCC1(CC)CCN(C(=O)n2ccc(C(=O)O)n2)CC1.CCc1ccc(Cl)c(N2CCOCC2)c1. The van der Waals surface area contributed by atoms with Crippen molar-refractivity contribution in [2.75, 3.05) is 44.3 Å². The Morgan fingerprint density at radius 1 is 1.05 bits per heavy atom. The molecule has 8 nitrogen and oxygen atoms in total. The van der Waals surface area contributed by atoms with Gasteiger partial charge < -0.3 is 19.6 Å². The molecule has 2 aromatic rings. The zero-order valence-electron chi connectivity index (χ0n) is 23.7. The van der Waals surface area contributed by atoms with Crippen LogP contribution in [0.3, 0.4) is 0 Å². The quantitative estimate of drug-likeness (QED) is 0.437. The molecule has 3 heterocycles. The number of hydrogen-bond donors (Lipinski definition) is 1. The molecule has 0 bridgehead atoms. The van der Waals surface area contributed by atoms with Crippen LogP contribution < -0.4 is 4.90 Å². The highest BCUT2D eigenvalue weighted by molar-refractivity contribution is 6.33. The van der Waals surface area contributed by atoms with Gasteiger partial charge in [0, 0.05) is 32.4 Å². The Balaban J connectivity index is 0.000000262. The summed E-state index contributed by atoms with van der Waals surface area (Å²) in [6, 6.07) is 7.38. The number of halogens is 1. The van der Waals surface area contributed by atoms with E-state index in [4.69, 9.17) is 21.4 Å². The monoisotopic (exact) mass is 548 g/mol. The number of carbonyl (C=O) groups excluding carboxylic acids is 1. The van der Waals surface area contributed by atoms with Crippen LogP contribution in [-0.4, -0.2) is 71.2 Å². The first kappa shape index (κ1) is 31.6. The lowest BCUT2D eigenvalue weighted by atomic mass is 9.73. The molecule has 1 aromatic carbocycles. The van der Waals surface area contributed by atoms with Crippen LogP contribution in [0.25, 0.3) is 0 Å². The van der Waals surface area contributed by atoms with Crippen LogP contribution in [0.4, 0.5) is 10.5 Å². The van der Waals surface area contributed by atoms with Crippen molar-refractivity contribution in [3.05, 3.63) is 46.7 Å². The summed E-state index contributed by atoms with van der Waals surface area (Å²) in [5.41, 5.74) is 2.75. The number of ether oxygens (including phenoxy) is 1. The largest absolute Gasteiger partial charge is 0.476 e. The van der Waals surface area contributed by atoms with Gasteiger partial charge >= 0.3 is 12.0 Å². The van der Waals surface area contributed by atoms with Gasteiger partial charge in [-0.15, -0.1) is 0 Å². The number of hydrogen-bond acceptors (Lipinski definition) is 5. The summed E-state index contributed by atoms with van der Waals surface area (Å²) in [4.78, 5) is 27.2. The van der Waals surface area contributed by atoms with E-state index in [1.165, 1.54) is 30.7 Å². The standard InChI is InChI=1S/C15H23N3O3.C12H16ClNO.C2H6/c1-3-6-15(4-2)7-10-17(11-8-15)14(21)18-9-5-12(16-18)13(19)20;1-2-10-3-4-11(13)12(9-10)14-5-7-15-8-6-14;1-2/h5,9H,3-4,6-8,10-11H2,1-2H3,(H,19,20);3-4,9H,2,5-8H2,1H3;1-2H3. The van der Waals surface area contributed by atoms with Crippen molar-refractivity contribution in [2.24, 2.45) is 5.41 Å². The summed E-state index contributed by atoms with van der Waals surface area (Å²) >= 11 is 6.20. The molecule has 2 aliphatic heterocycles. The van der Waals surface area contributed by atoms with Crippen LogP contribution in [0.15, 0.2) is 30.5 Å². The number of carbonyl (C=O) groups is 2. The molecule has 0 aliphatic carbocycles. The number of amides is 1. The minimum Gasteiger partial charge on any atom is -0.476 e. The predicted octanol–water partition coefficient (Wildman–Crippen LogP) is 6.61. The number of piperidine rings is 1. The van der Waals surface area contributed by atoms with E-state index in [2.05, 4.69) is 42.9 Å². The van der Waals surface area contributed by atoms with Gasteiger partial charge in [-0.05, 0) is 54.9 Å². The Morgan fingerprint density at radius 2 is 1.71 bits per heavy atom. The van der Waals surface area contributed by atoms with E-state index in [1.807, 2.05) is 19.9 Å². The molecule has 0 atom stereocenters. The molecule has 212 valence electrons. The Kier molecular flexibility index (Phi) is 13.1. The Morgan fingerprint density at radius 3 is 2.24 bits per heavy atom. The van der Waals surface area contributed by atoms with Crippen LogP contribution >= 0.6 is 11.6 Å². The highest BCUT2D eigenvalue weighted by Crippen LogP contribution is 2.39. The summed E-state index contributed by atoms with van der Waals surface area (Å²) in [6.45, 7) is 15.5. The van der Waals surface area contributed by atoms with Crippen molar-refractivity contribution in [3.63, 3.8) is 0 Å². The molecule has 9 heteroatoms. The van der Waals surface area contributed by atoms with E-state index in [1.54, 1.807) is 4.90 Å². The highest BCUT2D eigenvalue weighted by atomic mass is 35.5. The first-order valence-corrected chi connectivity index (χ1v) is 14.4. The number of carboxylic acids is 1. The van der Waals surface area contributed by atoms with E-state index in [-0.39, 0.29) is 11.7 Å². The van der Waals surface area contributed by atoms with Crippen molar-refractivity contribution in [1.82, 2.24) is 14.7 Å². The molecule has 38 heavy (non-hydrogen) atoms. The fourth-order valence-electron chi connectivity index (χ4n) is 5.00. The minimum absolute atomic E-state index is 0.103. The van der Waals surface area contributed by atoms with E-state index in [0.29, 0.717) is 5.41 Å². The van der Waals surface area contributed by atoms with E-state index in [0.717, 1.165) is 80.5 Å². The number of morpholine rings is 1. The molecular formula is C29H45ClN4O4. The lowest BCUT2D eigenvalue weighted by Gasteiger charge is -2.41. The second-order valence-corrected chi connectivity index (χ2v) is 9.97. The summed E-state index contributed by atoms with van der Waals surface area (Å²) < 4.78 is 6.46. The molecule has 0 spiro atoms. The smallest absolute Gasteiger partial charge is 0.356 e.